The number of hydrogen-bond acceptors (Lipinski definition) is 3. The van der Waals surface area contributed by atoms with Crippen molar-refractivity contribution in [3.63, 3.8) is 0 Å². The van der Waals surface area contributed by atoms with E-state index in [9.17, 15) is 9.59 Å². The van der Waals surface area contributed by atoms with Gasteiger partial charge < -0.3 is 4.90 Å². The molecule has 0 aliphatic rings. The Balaban J connectivity index is 2.38. The van der Waals surface area contributed by atoms with Gasteiger partial charge in [0.05, 0.1) is 0 Å². The van der Waals surface area contributed by atoms with Gasteiger partial charge in [0, 0.05) is 31.4 Å². The Kier molecular flexibility index (Phi) is 2.15. The third-order valence-electron chi connectivity index (χ3n) is 2.44. The largest absolute Gasteiger partial charge is 0.378 e. The second-order valence-corrected chi connectivity index (χ2v) is 3.69. The molecule has 2 aromatic rings. The van der Waals surface area contributed by atoms with Gasteiger partial charge in [0.2, 0.25) is 10.9 Å². The third-order valence-corrected chi connectivity index (χ3v) is 2.44. The molecule has 0 unspecified atom stereocenters. The molecule has 2 rings (SSSR count). The molecule has 0 spiro atoms. The first-order valence-corrected chi connectivity index (χ1v) is 4.67. The Bertz CT molecular complexity index is 545. The van der Waals surface area contributed by atoms with Crippen LogP contribution in [0.2, 0.25) is 0 Å². The number of nitrogens with zero attached hydrogens (tertiary/aromatic N) is 1. The summed E-state index contributed by atoms with van der Waals surface area (Å²) in [6, 6.07) is 8.93. The zero-order chi connectivity index (χ0) is 11.0. The van der Waals surface area contributed by atoms with Crippen molar-refractivity contribution in [2.45, 2.75) is 0 Å². The van der Waals surface area contributed by atoms with Crippen LogP contribution in [0.25, 0.3) is 11.1 Å². The van der Waals surface area contributed by atoms with Gasteiger partial charge in [0.1, 0.15) is 0 Å². The molecule has 0 aliphatic carbocycles. The van der Waals surface area contributed by atoms with Crippen LogP contribution in [0.15, 0.2) is 39.9 Å². The van der Waals surface area contributed by atoms with Crippen LogP contribution in [0.5, 0.6) is 0 Å². The molecular weight excluding hydrogens is 190 g/mol. The monoisotopic (exact) mass is 201 g/mol. The normalized spacial score (nSPS) is 10.5. The van der Waals surface area contributed by atoms with E-state index < -0.39 is 5.43 Å². The molecule has 0 saturated heterocycles. The Morgan fingerprint density at radius 1 is 1.00 bits per heavy atom. The van der Waals surface area contributed by atoms with E-state index in [-0.39, 0.29) is 5.43 Å². The second-order valence-electron chi connectivity index (χ2n) is 3.69. The van der Waals surface area contributed by atoms with E-state index in [0.29, 0.717) is 5.56 Å². The standard InChI is InChI=1S/C12H11NO2/c1-13(2)9-5-3-8(4-6-9)10-7-11(14)12(10)15/h3-7H,1-2H3. The van der Waals surface area contributed by atoms with Crippen LogP contribution in [0.1, 0.15) is 0 Å². The summed E-state index contributed by atoms with van der Waals surface area (Å²) in [5.74, 6) is 0. The Morgan fingerprint density at radius 2 is 1.60 bits per heavy atom. The molecule has 0 fully saturated rings. The zero-order valence-corrected chi connectivity index (χ0v) is 8.65. The number of benzene rings is 1. The average Bonchev–Trinajstić information content (AvgIpc) is 2.25. The molecular formula is C12H11NO2. The number of hydrogen-bond donors (Lipinski definition) is 0. The van der Waals surface area contributed by atoms with Crippen molar-refractivity contribution < 1.29 is 0 Å². The van der Waals surface area contributed by atoms with Gasteiger partial charge in [-0.1, -0.05) is 12.1 Å². The lowest BCUT2D eigenvalue weighted by Crippen LogP contribution is -2.30. The molecule has 0 heterocycles. The minimum atomic E-state index is -0.401. The van der Waals surface area contributed by atoms with Crippen molar-refractivity contribution in [2.75, 3.05) is 19.0 Å². The van der Waals surface area contributed by atoms with E-state index >= 15 is 0 Å². The minimum absolute atomic E-state index is 0.382. The van der Waals surface area contributed by atoms with Crippen molar-refractivity contribution in [2.24, 2.45) is 0 Å². The van der Waals surface area contributed by atoms with E-state index in [1.165, 1.54) is 6.07 Å². The summed E-state index contributed by atoms with van der Waals surface area (Å²) >= 11 is 0. The summed E-state index contributed by atoms with van der Waals surface area (Å²) < 4.78 is 0. The molecule has 0 atom stereocenters. The average molecular weight is 201 g/mol. The van der Waals surface area contributed by atoms with Crippen LogP contribution in [0, 0.1) is 0 Å². The molecule has 0 N–H and O–H groups in total. The topological polar surface area (TPSA) is 37.4 Å². The van der Waals surface area contributed by atoms with Crippen molar-refractivity contribution in [1.29, 1.82) is 0 Å². The SMILES string of the molecule is CN(C)c1ccc(-c2cc(=O)c2=O)cc1. The molecule has 15 heavy (non-hydrogen) atoms. The first-order valence-electron chi connectivity index (χ1n) is 4.67. The van der Waals surface area contributed by atoms with Crippen molar-refractivity contribution in [3.8, 4) is 11.1 Å². The van der Waals surface area contributed by atoms with Gasteiger partial charge in [-0.25, -0.2) is 0 Å². The van der Waals surface area contributed by atoms with Gasteiger partial charge in [-0.3, -0.25) is 9.59 Å². The highest BCUT2D eigenvalue weighted by Gasteiger charge is 2.10. The molecule has 0 aromatic heterocycles. The van der Waals surface area contributed by atoms with Gasteiger partial charge in [0.25, 0.3) is 0 Å². The maximum absolute atomic E-state index is 11.2. The number of anilines is 1. The van der Waals surface area contributed by atoms with E-state index in [4.69, 9.17) is 0 Å². The molecule has 3 heteroatoms. The third kappa shape index (κ3) is 1.56. The Hall–Kier alpha value is -1.90. The first kappa shape index (κ1) is 9.65. The summed E-state index contributed by atoms with van der Waals surface area (Å²) in [7, 11) is 3.90. The van der Waals surface area contributed by atoms with Gasteiger partial charge in [-0.05, 0) is 17.7 Å². The van der Waals surface area contributed by atoms with Gasteiger partial charge in [-0.2, -0.15) is 0 Å². The molecule has 2 aromatic carbocycles. The highest BCUT2D eigenvalue weighted by molar-refractivity contribution is 5.67. The fourth-order valence-electron chi connectivity index (χ4n) is 1.47. The van der Waals surface area contributed by atoms with Crippen LogP contribution < -0.4 is 15.8 Å². The molecule has 3 nitrogen and oxygen atoms in total. The molecule has 0 bridgehead atoms. The van der Waals surface area contributed by atoms with Crippen molar-refractivity contribution in [3.05, 3.63) is 50.8 Å². The van der Waals surface area contributed by atoms with Crippen molar-refractivity contribution in [1.82, 2.24) is 0 Å². The summed E-state index contributed by atoms with van der Waals surface area (Å²) in [6.45, 7) is 0. The van der Waals surface area contributed by atoms with Crippen LogP contribution >= 0.6 is 0 Å². The highest BCUT2D eigenvalue weighted by Crippen LogP contribution is 2.19. The zero-order valence-electron chi connectivity index (χ0n) is 8.65. The minimum Gasteiger partial charge on any atom is -0.378 e. The molecule has 76 valence electrons. The van der Waals surface area contributed by atoms with Gasteiger partial charge >= 0.3 is 0 Å². The molecule has 0 aliphatic heterocycles. The molecule has 0 radical (unpaired) electrons. The highest BCUT2D eigenvalue weighted by atomic mass is 16.2. The predicted octanol–water partition coefficient (Wildman–Crippen LogP) is 1.02. The van der Waals surface area contributed by atoms with E-state index in [2.05, 4.69) is 0 Å². The summed E-state index contributed by atoms with van der Waals surface area (Å²) in [5, 5.41) is 0. The van der Waals surface area contributed by atoms with Gasteiger partial charge in [-0.15, -0.1) is 0 Å². The number of rotatable bonds is 2. The lowest BCUT2D eigenvalue weighted by atomic mass is 10.0. The fourth-order valence-corrected chi connectivity index (χ4v) is 1.47. The fraction of sp³-hybridized carbons (Fsp3) is 0.167. The van der Waals surface area contributed by atoms with E-state index in [0.717, 1.165) is 11.3 Å². The van der Waals surface area contributed by atoms with E-state index in [1.807, 2.05) is 43.3 Å². The van der Waals surface area contributed by atoms with Crippen LogP contribution in [0.3, 0.4) is 0 Å². The molecule has 0 saturated carbocycles. The lowest BCUT2D eigenvalue weighted by molar-refractivity contribution is 1.13. The summed E-state index contributed by atoms with van der Waals surface area (Å²) in [4.78, 5) is 23.9. The van der Waals surface area contributed by atoms with Crippen LogP contribution in [-0.4, -0.2) is 14.1 Å². The summed E-state index contributed by atoms with van der Waals surface area (Å²) in [6.07, 6.45) is 0. The second kappa shape index (κ2) is 3.35. The molecule has 0 amide bonds. The summed E-state index contributed by atoms with van der Waals surface area (Å²) in [5.41, 5.74) is 1.61. The van der Waals surface area contributed by atoms with Crippen molar-refractivity contribution >= 4 is 5.69 Å². The Morgan fingerprint density at radius 3 is 2.00 bits per heavy atom. The maximum Gasteiger partial charge on any atom is 0.233 e. The van der Waals surface area contributed by atoms with Crippen LogP contribution in [-0.2, 0) is 0 Å². The van der Waals surface area contributed by atoms with Gasteiger partial charge in [0.15, 0.2) is 0 Å². The smallest absolute Gasteiger partial charge is 0.233 e. The Labute approximate surface area is 87.3 Å². The maximum atomic E-state index is 11.2. The lowest BCUT2D eigenvalue weighted by Gasteiger charge is -2.12. The van der Waals surface area contributed by atoms with E-state index in [1.54, 1.807) is 0 Å². The quantitative estimate of drug-likeness (QED) is 0.681. The first-order chi connectivity index (χ1) is 7.09. The van der Waals surface area contributed by atoms with Crippen LogP contribution in [0.4, 0.5) is 5.69 Å². The predicted molar refractivity (Wildman–Crippen MR) is 61.1 cm³/mol.